The normalized spacial score (nSPS) is 11.5. The van der Waals surface area contributed by atoms with Crippen LogP contribution in [0, 0.1) is 10.1 Å². The van der Waals surface area contributed by atoms with Gasteiger partial charge in [-0.15, -0.1) is 0 Å². The van der Waals surface area contributed by atoms with E-state index >= 15 is 0 Å². The van der Waals surface area contributed by atoms with E-state index in [-0.39, 0.29) is 50.8 Å². The van der Waals surface area contributed by atoms with Crippen molar-refractivity contribution in [2.75, 3.05) is 58.4 Å². The Labute approximate surface area is 334 Å². The third-order valence-electron chi connectivity index (χ3n) is 8.00. The van der Waals surface area contributed by atoms with E-state index in [1.54, 1.807) is 48.5 Å². The van der Waals surface area contributed by atoms with E-state index in [2.05, 4.69) is 36.6 Å². The Kier molecular flexibility index (Phi) is 20.8. The molecule has 2 unspecified atom stereocenters. The van der Waals surface area contributed by atoms with Crippen LogP contribution in [0.5, 0.6) is 5.75 Å². The first-order valence-electron chi connectivity index (χ1n) is 18.3. The summed E-state index contributed by atoms with van der Waals surface area (Å²) >= 11 is 0. The monoisotopic (exact) mass is 805 g/mol. The first kappa shape index (κ1) is 45.8. The van der Waals surface area contributed by atoms with Crippen LogP contribution in [0.2, 0.25) is 0 Å². The number of ether oxygens (including phenoxy) is 4. The maximum Gasteiger partial charge on any atom is 0.514 e. The van der Waals surface area contributed by atoms with Gasteiger partial charge in [-0.25, -0.2) is 4.79 Å². The number of nitro groups is 1. The summed E-state index contributed by atoms with van der Waals surface area (Å²) in [7, 11) is 1.81. The minimum absolute atomic E-state index is 0.0712. The van der Waals surface area contributed by atoms with Crippen LogP contribution in [-0.2, 0) is 46.4 Å². The van der Waals surface area contributed by atoms with Crippen molar-refractivity contribution >= 4 is 41.2 Å². The summed E-state index contributed by atoms with van der Waals surface area (Å²) in [6.45, 7) is 0.367. The highest BCUT2D eigenvalue weighted by Gasteiger charge is 2.27. The van der Waals surface area contributed by atoms with Gasteiger partial charge in [0.05, 0.1) is 18.1 Å². The molecule has 0 saturated carbocycles. The maximum atomic E-state index is 13.7. The minimum atomic E-state index is -1.09. The molecule has 3 aromatic carbocycles. The van der Waals surface area contributed by atoms with E-state index in [0.29, 0.717) is 30.6 Å². The van der Waals surface area contributed by atoms with Gasteiger partial charge in [-0.3, -0.25) is 29.3 Å². The van der Waals surface area contributed by atoms with Crippen LogP contribution < -0.4 is 31.3 Å². The van der Waals surface area contributed by atoms with Crippen molar-refractivity contribution in [2.24, 2.45) is 5.11 Å². The second kappa shape index (κ2) is 26.3. The molecular weight excluding hydrogens is 758 g/mol. The van der Waals surface area contributed by atoms with Gasteiger partial charge in [0.2, 0.25) is 23.6 Å². The zero-order valence-electron chi connectivity index (χ0n) is 31.9. The van der Waals surface area contributed by atoms with Crippen molar-refractivity contribution in [2.45, 2.75) is 44.4 Å². The van der Waals surface area contributed by atoms with E-state index in [4.69, 9.17) is 24.5 Å². The van der Waals surface area contributed by atoms with Crippen LogP contribution in [-0.4, -0.2) is 99.9 Å². The van der Waals surface area contributed by atoms with Crippen LogP contribution in [0.1, 0.15) is 30.4 Å². The molecule has 0 aromatic heterocycles. The summed E-state index contributed by atoms with van der Waals surface area (Å²) < 4.78 is 20.6. The fourth-order valence-electron chi connectivity index (χ4n) is 5.11. The first-order valence-corrected chi connectivity index (χ1v) is 18.3. The molecular formula is C38H47N9O11. The summed E-state index contributed by atoms with van der Waals surface area (Å²) in [5.41, 5.74) is 9.84. The summed E-state index contributed by atoms with van der Waals surface area (Å²) in [6, 6.07) is 18.3. The molecule has 58 heavy (non-hydrogen) atoms. The standard InChI is InChI=1S/C38H47N9O11/c1-40-18-6-5-9-32(36(50)43-29-12-10-28(11-13-29)24-57-38(52)58-31-16-14-30(15-17-31)47(53)54)45-37(51)33(23-27-7-3-2-4-8-27)44-35(49)26-56-25-34(48)41-19-21-55-22-20-42-46-39/h2-4,7-8,10-17,32-33,40H,5-6,9,18-26H2,1H3,(H,41,48)(H,43,50)(H,44,49)(H,45,51). The number of unbranched alkanes of at least 4 members (excludes halogenated alkanes) is 1. The fourth-order valence-corrected chi connectivity index (χ4v) is 5.11. The molecule has 0 aliphatic heterocycles. The smallest absolute Gasteiger partial charge is 0.429 e. The van der Waals surface area contributed by atoms with Crippen LogP contribution in [0.3, 0.4) is 0 Å². The first-order chi connectivity index (χ1) is 28.1. The molecule has 20 heteroatoms. The number of non-ortho nitro benzene ring substituents is 1. The van der Waals surface area contributed by atoms with Crippen LogP contribution in [0.15, 0.2) is 84.0 Å². The Balaban J connectivity index is 1.56. The summed E-state index contributed by atoms with van der Waals surface area (Å²) in [5.74, 6) is -2.15. The average Bonchev–Trinajstić information content (AvgIpc) is 3.21. The zero-order valence-corrected chi connectivity index (χ0v) is 31.9. The Hall–Kier alpha value is -6.60. The van der Waals surface area contributed by atoms with Gasteiger partial charge in [0.1, 0.15) is 37.7 Å². The molecule has 3 rings (SSSR count). The van der Waals surface area contributed by atoms with Gasteiger partial charge in [-0.2, -0.15) is 0 Å². The Morgan fingerprint density at radius 2 is 1.53 bits per heavy atom. The molecule has 0 aliphatic rings. The van der Waals surface area contributed by atoms with Gasteiger partial charge in [-0.05, 0) is 73.8 Å². The number of hydrogen-bond acceptors (Lipinski definition) is 13. The van der Waals surface area contributed by atoms with Gasteiger partial charge in [0.15, 0.2) is 0 Å². The fraction of sp³-hybridized carbons (Fsp3) is 0.395. The lowest BCUT2D eigenvalue weighted by Gasteiger charge is -2.23. The van der Waals surface area contributed by atoms with Gasteiger partial charge in [0.25, 0.3) is 5.69 Å². The molecule has 0 saturated heterocycles. The molecule has 0 spiro atoms. The molecule has 3 aromatic rings. The van der Waals surface area contributed by atoms with Gasteiger partial charge in [-0.1, -0.05) is 47.6 Å². The number of azide groups is 1. The van der Waals surface area contributed by atoms with Crippen LogP contribution >= 0.6 is 0 Å². The van der Waals surface area contributed by atoms with Gasteiger partial charge in [0, 0.05) is 42.2 Å². The van der Waals surface area contributed by atoms with Crippen molar-refractivity contribution in [3.8, 4) is 5.75 Å². The number of nitrogens with one attached hydrogen (secondary N) is 5. The predicted molar refractivity (Wildman–Crippen MR) is 209 cm³/mol. The lowest BCUT2D eigenvalue weighted by Crippen LogP contribution is -2.54. The van der Waals surface area contributed by atoms with Crippen molar-refractivity contribution in [1.29, 1.82) is 0 Å². The number of amides is 4. The molecule has 4 amide bonds. The molecule has 5 N–H and O–H groups in total. The molecule has 20 nitrogen and oxygen atoms in total. The number of nitrogens with zero attached hydrogens (tertiary/aromatic N) is 4. The number of carbonyl (C=O) groups excluding carboxylic acids is 5. The average molecular weight is 806 g/mol. The van der Waals surface area contributed by atoms with E-state index in [1.165, 1.54) is 24.3 Å². The minimum Gasteiger partial charge on any atom is -0.429 e. The SMILES string of the molecule is CNCCCCC(NC(=O)C(Cc1ccccc1)NC(=O)COCC(=O)NCCOCCN=[N+]=[N-])C(=O)Nc1ccc(COC(=O)Oc2ccc([N+](=O)[O-])cc2)cc1. The van der Waals surface area contributed by atoms with E-state index in [1.807, 2.05) is 13.1 Å². The van der Waals surface area contributed by atoms with Crippen molar-refractivity contribution in [1.82, 2.24) is 21.3 Å². The third kappa shape index (κ3) is 18.4. The maximum absolute atomic E-state index is 13.7. The number of anilines is 1. The zero-order chi connectivity index (χ0) is 42.0. The number of carbonyl (C=O) groups is 5. The lowest BCUT2D eigenvalue weighted by atomic mass is 10.0. The quantitative estimate of drug-likeness (QED) is 0.0114. The second-order valence-corrected chi connectivity index (χ2v) is 12.5. The molecule has 0 radical (unpaired) electrons. The Morgan fingerprint density at radius 1 is 0.810 bits per heavy atom. The van der Waals surface area contributed by atoms with E-state index in [0.717, 1.165) is 12.0 Å². The van der Waals surface area contributed by atoms with E-state index < -0.39 is 60.0 Å². The largest absolute Gasteiger partial charge is 0.514 e. The summed E-state index contributed by atoms with van der Waals surface area (Å²) in [5, 5.41) is 28.0. The van der Waals surface area contributed by atoms with Crippen LogP contribution in [0.25, 0.3) is 10.4 Å². The molecule has 310 valence electrons. The summed E-state index contributed by atoms with van der Waals surface area (Å²) in [4.78, 5) is 77.3. The Bertz CT molecular complexity index is 1830. The topological polar surface area (TPSA) is 274 Å². The molecule has 0 bridgehead atoms. The number of benzene rings is 3. The number of nitro benzene ring substituents is 1. The Morgan fingerprint density at radius 3 is 2.22 bits per heavy atom. The van der Waals surface area contributed by atoms with Gasteiger partial charge >= 0.3 is 6.16 Å². The van der Waals surface area contributed by atoms with Crippen molar-refractivity contribution < 1.29 is 47.8 Å². The number of hydrogen-bond donors (Lipinski definition) is 5. The molecule has 0 aliphatic carbocycles. The second-order valence-electron chi connectivity index (χ2n) is 12.5. The third-order valence-corrected chi connectivity index (χ3v) is 8.00. The lowest BCUT2D eigenvalue weighted by molar-refractivity contribution is -0.384. The van der Waals surface area contributed by atoms with Crippen LogP contribution in [0.4, 0.5) is 16.2 Å². The highest BCUT2D eigenvalue weighted by molar-refractivity contribution is 5.98. The van der Waals surface area contributed by atoms with E-state index in [9.17, 15) is 34.1 Å². The highest BCUT2D eigenvalue weighted by atomic mass is 16.7. The van der Waals surface area contributed by atoms with Crippen molar-refractivity contribution in [3.05, 3.63) is 111 Å². The molecule has 0 fully saturated rings. The molecule has 2 atom stereocenters. The number of rotatable bonds is 26. The highest BCUT2D eigenvalue weighted by Crippen LogP contribution is 2.18. The van der Waals surface area contributed by atoms with Gasteiger partial charge < -0.3 is 45.5 Å². The molecule has 0 heterocycles. The predicted octanol–water partition coefficient (Wildman–Crippen LogP) is 3.31. The van der Waals surface area contributed by atoms with Crippen molar-refractivity contribution in [3.63, 3.8) is 0 Å². The summed E-state index contributed by atoms with van der Waals surface area (Å²) in [6.07, 6.45) is 0.721.